The van der Waals surface area contributed by atoms with E-state index in [1.807, 2.05) is 0 Å². The lowest BCUT2D eigenvalue weighted by Gasteiger charge is -2.15. The second-order valence-corrected chi connectivity index (χ2v) is 6.86. The summed E-state index contributed by atoms with van der Waals surface area (Å²) in [7, 11) is -4.60. The van der Waals surface area contributed by atoms with Gasteiger partial charge in [0.05, 0.1) is 11.1 Å². The summed E-state index contributed by atoms with van der Waals surface area (Å²) >= 11 is 0. The zero-order valence-corrected chi connectivity index (χ0v) is 12.7. The number of hydrogen-bond donors (Lipinski definition) is 3. The average Bonchev–Trinajstić information content (AvgIpc) is 2.44. The van der Waals surface area contributed by atoms with E-state index in [9.17, 15) is 26.3 Å². The lowest BCUT2D eigenvalue weighted by atomic mass is 9.99. The second-order valence-electron chi connectivity index (χ2n) is 5.01. The van der Waals surface area contributed by atoms with Gasteiger partial charge >= 0.3 is 21.2 Å². The molecule has 0 aliphatic rings. The van der Waals surface area contributed by atoms with Crippen molar-refractivity contribution in [1.29, 1.82) is 0 Å². The maximum absolute atomic E-state index is 12.8. The molecule has 0 heterocycles. The quantitative estimate of drug-likeness (QED) is 0.564. The molecule has 2 aromatic rings. The molecule has 0 atom stereocenters. The number of halogens is 6. The van der Waals surface area contributed by atoms with Crippen molar-refractivity contribution in [2.24, 2.45) is 0 Å². The summed E-state index contributed by atoms with van der Waals surface area (Å²) in [6, 6.07) is 5.37. The van der Waals surface area contributed by atoms with Crippen molar-refractivity contribution >= 4 is 14.0 Å². The molecule has 2 aromatic carbocycles. The Bertz CT molecular complexity index is 700. The molecule has 0 saturated heterocycles. The fourth-order valence-electron chi connectivity index (χ4n) is 2.01. The first-order valence-electron chi connectivity index (χ1n) is 6.36. The molecule has 3 N–H and O–H groups in total. The third-order valence-corrected chi connectivity index (χ3v) is 4.30. The first-order valence-corrected chi connectivity index (χ1v) is 8.20. The highest BCUT2D eigenvalue weighted by molar-refractivity contribution is 6.71. The molecule has 0 fully saturated rings. The van der Waals surface area contributed by atoms with Gasteiger partial charge in [0.2, 0.25) is 0 Å². The predicted octanol–water partition coefficient (Wildman–Crippen LogP) is 2.51. The van der Waals surface area contributed by atoms with E-state index in [1.54, 1.807) is 0 Å². The first kappa shape index (κ1) is 18.5. The monoisotopic (exact) mass is 368 g/mol. The van der Waals surface area contributed by atoms with Crippen LogP contribution in [0, 0.1) is 0 Å². The minimum atomic E-state index is -4.96. The van der Waals surface area contributed by atoms with Crippen LogP contribution in [0.5, 0.6) is 0 Å². The third-order valence-electron chi connectivity index (χ3n) is 3.19. The Morgan fingerprint density at radius 1 is 0.625 bits per heavy atom. The summed E-state index contributed by atoms with van der Waals surface area (Å²) in [5.41, 5.74) is -3.25. The normalized spacial score (nSPS) is 13.2. The zero-order valence-electron chi connectivity index (χ0n) is 11.7. The summed E-state index contributed by atoms with van der Waals surface area (Å²) in [5, 5.41) is -0.255. The van der Waals surface area contributed by atoms with E-state index >= 15 is 0 Å². The molecule has 0 aliphatic heterocycles. The molecule has 0 bridgehead atoms. The van der Waals surface area contributed by atoms with Gasteiger partial charge < -0.3 is 14.4 Å². The van der Waals surface area contributed by atoms with E-state index in [0.717, 1.165) is 24.3 Å². The molecule has 0 saturated carbocycles. The SMILES string of the molecule is O[Si](O)(O)c1ccc(-c2cc(C(F)(F)F)cc(C(F)(F)F)c2)cc1. The number of hydrogen-bond acceptors (Lipinski definition) is 3. The van der Waals surface area contributed by atoms with Crippen molar-refractivity contribution in [3.05, 3.63) is 53.6 Å². The molecule has 10 heteroatoms. The molecule has 0 aromatic heterocycles. The van der Waals surface area contributed by atoms with Crippen LogP contribution in [-0.2, 0) is 12.4 Å². The molecule has 24 heavy (non-hydrogen) atoms. The summed E-state index contributed by atoms with van der Waals surface area (Å²) in [5.74, 6) is 0. The molecule has 0 radical (unpaired) electrons. The van der Waals surface area contributed by atoms with Crippen LogP contribution in [0.3, 0.4) is 0 Å². The van der Waals surface area contributed by atoms with Crippen LogP contribution < -0.4 is 5.19 Å². The zero-order chi connectivity index (χ0) is 18.3. The van der Waals surface area contributed by atoms with Gasteiger partial charge in [-0.1, -0.05) is 24.3 Å². The van der Waals surface area contributed by atoms with Gasteiger partial charge in [-0.3, -0.25) is 0 Å². The van der Waals surface area contributed by atoms with Crippen molar-refractivity contribution < 1.29 is 40.7 Å². The topological polar surface area (TPSA) is 60.7 Å². The molecular formula is C14H10F6O3Si. The van der Waals surface area contributed by atoms with Crippen molar-refractivity contribution in [2.45, 2.75) is 12.4 Å². The maximum Gasteiger partial charge on any atom is 0.528 e. The van der Waals surface area contributed by atoms with Crippen molar-refractivity contribution in [3.8, 4) is 11.1 Å². The van der Waals surface area contributed by atoms with Gasteiger partial charge in [0.1, 0.15) is 0 Å². The van der Waals surface area contributed by atoms with Gasteiger partial charge in [-0.05, 0) is 29.3 Å². The van der Waals surface area contributed by atoms with E-state index in [1.165, 1.54) is 0 Å². The largest absolute Gasteiger partial charge is 0.528 e. The Morgan fingerprint density at radius 3 is 1.38 bits per heavy atom. The average molecular weight is 368 g/mol. The lowest BCUT2D eigenvalue weighted by Crippen LogP contribution is -2.48. The van der Waals surface area contributed by atoms with Crippen LogP contribution in [0.1, 0.15) is 11.1 Å². The van der Waals surface area contributed by atoms with Crippen LogP contribution in [0.2, 0.25) is 0 Å². The van der Waals surface area contributed by atoms with Crippen LogP contribution in [0.25, 0.3) is 11.1 Å². The van der Waals surface area contributed by atoms with E-state index in [2.05, 4.69) is 0 Å². The summed E-state index contributed by atoms with van der Waals surface area (Å²) in [6.45, 7) is 0. The first-order chi connectivity index (χ1) is 10.8. The van der Waals surface area contributed by atoms with E-state index in [4.69, 9.17) is 14.4 Å². The minimum absolute atomic E-state index is 0.00593. The van der Waals surface area contributed by atoms with Crippen LogP contribution in [0.4, 0.5) is 26.3 Å². The van der Waals surface area contributed by atoms with E-state index < -0.39 is 32.3 Å². The molecule has 0 aliphatic carbocycles. The highest BCUT2D eigenvalue weighted by atomic mass is 28.4. The van der Waals surface area contributed by atoms with Gasteiger partial charge in [0.15, 0.2) is 0 Å². The summed E-state index contributed by atoms with van der Waals surface area (Å²) < 4.78 is 76.9. The Hall–Kier alpha value is -1.88. The Labute approximate surface area is 132 Å². The molecule has 3 nitrogen and oxygen atoms in total. The lowest BCUT2D eigenvalue weighted by molar-refractivity contribution is -0.143. The van der Waals surface area contributed by atoms with E-state index in [-0.39, 0.29) is 22.4 Å². The van der Waals surface area contributed by atoms with Gasteiger partial charge in [0.25, 0.3) is 0 Å². The minimum Gasteiger partial charge on any atom is -0.386 e. The Kier molecular flexibility index (Phi) is 4.52. The highest BCUT2D eigenvalue weighted by Crippen LogP contribution is 2.38. The van der Waals surface area contributed by atoms with Crippen molar-refractivity contribution in [2.75, 3.05) is 0 Å². The summed E-state index contributed by atoms with van der Waals surface area (Å²) in [4.78, 5) is 27.3. The van der Waals surface area contributed by atoms with Gasteiger partial charge in [-0.2, -0.15) is 26.3 Å². The molecular weight excluding hydrogens is 358 g/mol. The smallest absolute Gasteiger partial charge is 0.386 e. The van der Waals surface area contributed by atoms with Crippen molar-refractivity contribution in [3.63, 3.8) is 0 Å². The van der Waals surface area contributed by atoms with E-state index in [0.29, 0.717) is 12.1 Å². The molecule has 0 spiro atoms. The number of alkyl halides is 6. The fourth-order valence-corrected chi connectivity index (χ4v) is 2.62. The van der Waals surface area contributed by atoms with Gasteiger partial charge in [0, 0.05) is 5.19 Å². The van der Waals surface area contributed by atoms with Gasteiger partial charge in [-0.25, -0.2) is 0 Å². The third kappa shape index (κ3) is 4.14. The van der Waals surface area contributed by atoms with Crippen LogP contribution >= 0.6 is 0 Å². The number of benzene rings is 2. The predicted molar refractivity (Wildman–Crippen MR) is 73.9 cm³/mol. The van der Waals surface area contributed by atoms with Gasteiger partial charge in [-0.15, -0.1) is 0 Å². The molecule has 0 amide bonds. The van der Waals surface area contributed by atoms with Crippen molar-refractivity contribution in [1.82, 2.24) is 0 Å². The fraction of sp³-hybridized carbons (Fsp3) is 0.143. The van der Waals surface area contributed by atoms with Crippen LogP contribution in [0.15, 0.2) is 42.5 Å². The second kappa shape index (κ2) is 5.88. The highest BCUT2D eigenvalue weighted by Gasteiger charge is 2.37. The number of rotatable bonds is 2. The Balaban J connectivity index is 2.57. The maximum atomic E-state index is 12.8. The Morgan fingerprint density at radius 2 is 1.04 bits per heavy atom. The van der Waals surface area contributed by atoms with Crippen LogP contribution in [-0.4, -0.2) is 23.2 Å². The molecule has 2 rings (SSSR count). The summed E-state index contributed by atoms with van der Waals surface area (Å²) in [6.07, 6.45) is -9.92. The standard InChI is InChI=1S/C14H10F6O3Si/c15-13(16,17)10-5-9(6-11(7-10)14(18,19)20)8-1-3-12(4-2-8)24(21,22)23/h1-7,21-23H. The molecule has 0 unspecified atom stereocenters. The molecule has 130 valence electrons.